The molecule has 6 nitrogen and oxygen atoms in total. The second kappa shape index (κ2) is 10.1. The van der Waals surface area contributed by atoms with Gasteiger partial charge in [-0.15, -0.1) is 0 Å². The summed E-state index contributed by atoms with van der Waals surface area (Å²) in [5.41, 5.74) is 0. The van der Waals surface area contributed by atoms with Crippen LogP contribution >= 0.6 is 0 Å². The van der Waals surface area contributed by atoms with Crippen molar-refractivity contribution in [3.63, 3.8) is 0 Å². The maximum Gasteiger partial charge on any atom is 0.314 e. The zero-order valence-corrected chi connectivity index (χ0v) is 10.1. The van der Waals surface area contributed by atoms with Gasteiger partial charge in [0.1, 0.15) is 0 Å². The number of hydrogen-bond acceptors (Lipinski definition) is 2. The summed E-state index contributed by atoms with van der Waals surface area (Å²) >= 11 is 0. The lowest BCUT2D eigenvalue weighted by molar-refractivity contribution is 0.241. The van der Waals surface area contributed by atoms with Gasteiger partial charge >= 0.3 is 12.1 Å². The van der Waals surface area contributed by atoms with E-state index in [4.69, 9.17) is 0 Å². The Morgan fingerprint density at radius 3 is 1.44 bits per heavy atom. The van der Waals surface area contributed by atoms with Crippen molar-refractivity contribution in [2.45, 2.75) is 25.7 Å². The van der Waals surface area contributed by atoms with Crippen LogP contribution in [0.15, 0.2) is 0 Å². The first-order valence-corrected chi connectivity index (χ1v) is 5.62. The minimum atomic E-state index is -0.138. The minimum Gasteiger partial charge on any atom is -0.341 e. The van der Waals surface area contributed by atoms with E-state index >= 15 is 0 Å². The SMILES string of the molecule is CNC(=O)NCCCCCCNC(=O)NC. The smallest absolute Gasteiger partial charge is 0.314 e. The maximum absolute atomic E-state index is 10.8. The Labute approximate surface area is 96.5 Å². The molecule has 4 amide bonds. The average molecular weight is 230 g/mol. The van der Waals surface area contributed by atoms with Crippen molar-refractivity contribution in [1.29, 1.82) is 0 Å². The van der Waals surface area contributed by atoms with Crippen LogP contribution in [-0.4, -0.2) is 39.2 Å². The van der Waals surface area contributed by atoms with Crippen LogP contribution in [0.4, 0.5) is 9.59 Å². The predicted molar refractivity (Wildman–Crippen MR) is 63.4 cm³/mol. The van der Waals surface area contributed by atoms with Crippen LogP contribution in [0, 0.1) is 0 Å². The van der Waals surface area contributed by atoms with Gasteiger partial charge in [0, 0.05) is 27.2 Å². The van der Waals surface area contributed by atoms with E-state index in [1.807, 2.05) is 0 Å². The van der Waals surface area contributed by atoms with E-state index < -0.39 is 0 Å². The second-order valence-corrected chi connectivity index (χ2v) is 3.43. The molecular weight excluding hydrogens is 208 g/mol. The molecule has 4 N–H and O–H groups in total. The Morgan fingerprint density at radius 1 is 0.750 bits per heavy atom. The van der Waals surface area contributed by atoms with E-state index in [0.717, 1.165) is 25.7 Å². The molecule has 0 rings (SSSR count). The van der Waals surface area contributed by atoms with Crippen molar-refractivity contribution in [2.24, 2.45) is 0 Å². The third-order valence-corrected chi connectivity index (χ3v) is 2.13. The fraction of sp³-hybridized carbons (Fsp3) is 0.800. The van der Waals surface area contributed by atoms with Crippen molar-refractivity contribution in [1.82, 2.24) is 21.3 Å². The molecule has 0 bridgehead atoms. The molecule has 16 heavy (non-hydrogen) atoms. The average Bonchev–Trinajstić information content (AvgIpc) is 2.31. The van der Waals surface area contributed by atoms with Gasteiger partial charge in [-0.3, -0.25) is 0 Å². The van der Waals surface area contributed by atoms with Crippen LogP contribution < -0.4 is 21.3 Å². The highest BCUT2D eigenvalue weighted by Gasteiger charge is 1.96. The molecule has 0 aliphatic heterocycles. The summed E-state index contributed by atoms with van der Waals surface area (Å²) in [4.78, 5) is 21.6. The van der Waals surface area contributed by atoms with Gasteiger partial charge in [-0.1, -0.05) is 12.8 Å². The molecule has 0 aliphatic carbocycles. The quantitative estimate of drug-likeness (QED) is 0.478. The molecule has 0 saturated carbocycles. The number of carbonyl (C=O) groups is 2. The van der Waals surface area contributed by atoms with E-state index in [9.17, 15) is 9.59 Å². The fourth-order valence-electron chi connectivity index (χ4n) is 1.18. The van der Waals surface area contributed by atoms with E-state index in [-0.39, 0.29) is 12.1 Å². The number of hydrogen-bond donors (Lipinski definition) is 4. The molecule has 0 aromatic rings. The molecule has 0 aromatic carbocycles. The zero-order chi connectivity index (χ0) is 12.2. The van der Waals surface area contributed by atoms with Crippen molar-refractivity contribution in [3.05, 3.63) is 0 Å². The standard InChI is InChI=1S/C10H22N4O2/c1-11-9(15)13-7-5-3-4-6-8-14-10(16)12-2/h3-8H2,1-2H3,(H2,11,13,15)(H2,12,14,16). The molecule has 0 saturated heterocycles. The number of amides is 4. The first-order valence-electron chi connectivity index (χ1n) is 5.62. The highest BCUT2D eigenvalue weighted by atomic mass is 16.2. The lowest BCUT2D eigenvalue weighted by atomic mass is 10.2. The van der Waals surface area contributed by atoms with Crippen molar-refractivity contribution in [3.8, 4) is 0 Å². The van der Waals surface area contributed by atoms with Crippen LogP contribution in [-0.2, 0) is 0 Å². The van der Waals surface area contributed by atoms with Crippen molar-refractivity contribution < 1.29 is 9.59 Å². The summed E-state index contributed by atoms with van der Waals surface area (Å²) in [7, 11) is 3.19. The maximum atomic E-state index is 10.8. The summed E-state index contributed by atoms with van der Waals surface area (Å²) in [5, 5.41) is 10.4. The van der Waals surface area contributed by atoms with Gasteiger partial charge < -0.3 is 21.3 Å². The Morgan fingerprint density at radius 2 is 1.12 bits per heavy atom. The highest BCUT2D eigenvalue weighted by molar-refractivity contribution is 5.73. The van der Waals surface area contributed by atoms with E-state index in [1.165, 1.54) is 0 Å². The van der Waals surface area contributed by atoms with E-state index in [2.05, 4.69) is 21.3 Å². The second-order valence-electron chi connectivity index (χ2n) is 3.43. The summed E-state index contributed by atoms with van der Waals surface area (Å²) in [5.74, 6) is 0. The Kier molecular flexibility index (Phi) is 9.15. The molecule has 0 spiro atoms. The fourth-order valence-corrected chi connectivity index (χ4v) is 1.18. The Hall–Kier alpha value is -1.46. The number of carbonyl (C=O) groups excluding carboxylic acids is 2. The molecule has 0 heterocycles. The lowest BCUT2D eigenvalue weighted by Gasteiger charge is -2.05. The molecule has 0 unspecified atom stereocenters. The molecule has 94 valence electrons. The van der Waals surface area contributed by atoms with Gasteiger partial charge in [0.15, 0.2) is 0 Å². The highest BCUT2D eigenvalue weighted by Crippen LogP contribution is 1.97. The van der Waals surface area contributed by atoms with Crippen LogP contribution in [0.25, 0.3) is 0 Å². The van der Waals surface area contributed by atoms with Gasteiger partial charge in [0.2, 0.25) is 0 Å². The van der Waals surface area contributed by atoms with Crippen LogP contribution in [0.3, 0.4) is 0 Å². The number of unbranched alkanes of at least 4 members (excludes halogenated alkanes) is 3. The summed E-state index contributed by atoms with van der Waals surface area (Å²) < 4.78 is 0. The predicted octanol–water partition coefficient (Wildman–Crippen LogP) is 0.405. The monoisotopic (exact) mass is 230 g/mol. The number of nitrogens with one attached hydrogen (secondary N) is 4. The number of urea groups is 2. The van der Waals surface area contributed by atoms with E-state index in [0.29, 0.717) is 13.1 Å². The van der Waals surface area contributed by atoms with Crippen LogP contribution in [0.5, 0.6) is 0 Å². The molecule has 0 radical (unpaired) electrons. The van der Waals surface area contributed by atoms with Crippen molar-refractivity contribution in [2.75, 3.05) is 27.2 Å². The summed E-state index contributed by atoms with van der Waals surface area (Å²) in [6.45, 7) is 1.39. The van der Waals surface area contributed by atoms with Crippen LogP contribution in [0.1, 0.15) is 25.7 Å². The summed E-state index contributed by atoms with van der Waals surface area (Å²) in [6, 6.07) is -0.275. The topological polar surface area (TPSA) is 82.3 Å². The van der Waals surface area contributed by atoms with Gasteiger partial charge in [-0.05, 0) is 12.8 Å². The summed E-state index contributed by atoms with van der Waals surface area (Å²) in [6.07, 6.45) is 4.04. The Balaban J connectivity index is 3.10. The van der Waals surface area contributed by atoms with Gasteiger partial charge in [0.25, 0.3) is 0 Å². The molecule has 0 aromatic heterocycles. The molecule has 0 aliphatic rings. The number of rotatable bonds is 7. The Bertz CT molecular complexity index is 187. The van der Waals surface area contributed by atoms with Crippen LogP contribution in [0.2, 0.25) is 0 Å². The van der Waals surface area contributed by atoms with Crippen molar-refractivity contribution >= 4 is 12.1 Å². The molecule has 0 fully saturated rings. The zero-order valence-electron chi connectivity index (χ0n) is 10.1. The minimum absolute atomic E-state index is 0.138. The molecule has 6 heteroatoms. The normalized spacial score (nSPS) is 9.38. The first-order chi connectivity index (χ1) is 7.70. The van der Waals surface area contributed by atoms with Gasteiger partial charge in [-0.2, -0.15) is 0 Å². The van der Waals surface area contributed by atoms with E-state index in [1.54, 1.807) is 14.1 Å². The first kappa shape index (κ1) is 14.5. The van der Waals surface area contributed by atoms with Gasteiger partial charge in [0.05, 0.1) is 0 Å². The third kappa shape index (κ3) is 9.11. The largest absolute Gasteiger partial charge is 0.341 e. The molecule has 0 atom stereocenters. The van der Waals surface area contributed by atoms with Gasteiger partial charge in [-0.25, -0.2) is 9.59 Å². The third-order valence-electron chi connectivity index (χ3n) is 2.13. The molecular formula is C10H22N4O2. The lowest BCUT2D eigenvalue weighted by Crippen LogP contribution is -2.33.